The summed E-state index contributed by atoms with van der Waals surface area (Å²) in [4.78, 5) is 44.8. The molecule has 10 nitrogen and oxygen atoms in total. The van der Waals surface area contributed by atoms with Crippen molar-refractivity contribution in [1.29, 1.82) is 0 Å². The van der Waals surface area contributed by atoms with Crippen LogP contribution in [0.4, 0.5) is 0 Å². The van der Waals surface area contributed by atoms with Gasteiger partial charge < -0.3 is 28.8 Å². The summed E-state index contributed by atoms with van der Waals surface area (Å²) < 4.78 is 10.1. The lowest BCUT2D eigenvalue weighted by Crippen LogP contribution is -2.11. The molecule has 0 aromatic heterocycles. The topological polar surface area (TPSA) is 168 Å². The monoisotopic (exact) mass is 548 g/mol. The Bertz CT molecular complexity index is 1370. The van der Waals surface area contributed by atoms with E-state index in [1.807, 2.05) is 12.1 Å². The first-order chi connectivity index (χ1) is 18.7. The van der Waals surface area contributed by atoms with Gasteiger partial charge in [-0.1, -0.05) is 72.8 Å². The van der Waals surface area contributed by atoms with Crippen LogP contribution in [-0.4, -0.2) is 44.3 Å². The molecule has 0 bridgehead atoms. The highest BCUT2D eigenvalue weighted by Gasteiger charge is 2.24. The van der Waals surface area contributed by atoms with Gasteiger partial charge in [-0.3, -0.25) is 0 Å². The normalized spacial score (nSPS) is 9.95. The molecule has 4 rings (SSSR count). The molecule has 4 N–H and O–H groups in total. The summed E-state index contributed by atoms with van der Waals surface area (Å²) in [5.74, 6) is -6.76. The molecule has 39 heavy (non-hydrogen) atoms. The zero-order valence-electron chi connectivity index (χ0n) is 19.9. The Kier molecular flexibility index (Phi) is 9.65. The minimum atomic E-state index is -1.55. The number of hydrogen-bond donors (Lipinski definition) is 4. The summed E-state index contributed by atoms with van der Waals surface area (Å²) in [5, 5.41) is 36.5. The van der Waals surface area contributed by atoms with Crippen LogP contribution in [0, 0.1) is 0 Å². The fourth-order valence-electron chi connectivity index (χ4n) is 3.35. The lowest BCUT2D eigenvalue weighted by molar-refractivity contribution is 0.0649. The Morgan fingerprint density at radius 3 is 1.13 bits per heavy atom. The molecule has 198 valence electrons. The summed E-state index contributed by atoms with van der Waals surface area (Å²) in [6.45, 7) is 0. The van der Waals surface area contributed by atoms with E-state index in [4.69, 9.17) is 18.6 Å². The third kappa shape index (κ3) is 7.37. The largest absolute Gasteiger partial charge is 0.478 e. The zero-order chi connectivity index (χ0) is 28.4. The lowest BCUT2D eigenvalue weighted by atomic mass is 10.1. The quantitative estimate of drug-likeness (QED) is 0.185. The maximum absolute atomic E-state index is 11.3. The van der Waals surface area contributed by atoms with Crippen LogP contribution in [0.5, 0.6) is 11.5 Å². The minimum absolute atomic E-state index is 0.151. The van der Waals surface area contributed by atoms with Crippen LogP contribution in [0.1, 0.15) is 41.4 Å². The first-order valence-electron chi connectivity index (χ1n) is 11.0. The number of aromatic carboxylic acids is 4. The van der Waals surface area contributed by atoms with E-state index in [9.17, 15) is 29.4 Å². The number of hydrogen-bond acceptors (Lipinski definition) is 7. The first kappa shape index (κ1) is 28.3. The van der Waals surface area contributed by atoms with Crippen LogP contribution in [0.15, 0.2) is 97.1 Å². The van der Waals surface area contributed by atoms with Gasteiger partial charge in [0.1, 0.15) is 11.1 Å². The zero-order valence-corrected chi connectivity index (χ0v) is 20.7. The van der Waals surface area contributed by atoms with E-state index in [-0.39, 0.29) is 23.8 Å². The molecule has 0 aliphatic heterocycles. The molecule has 4 aromatic carbocycles. The van der Waals surface area contributed by atoms with Crippen LogP contribution in [0.2, 0.25) is 0 Å². The average molecular weight is 549 g/mol. The van der Waals surface area contributed by atoms with E-state index < -0.39 is 46.1 Å². The third-order valence-electron chi connectivity index (χ3n) is 5.07. The molecule has 0 saturated heterocycles. The van der Waals surface area contributed by atoms with Crippen molar-refractivity contribution in [1.82, 2.24) is 0 Å². The summed E-state index contributed by atoms with van der Waals surface area (Å²) in [6, 6.07) is 27.8. The number of carboxylic acids is 4. The highest BCUT2D eigenvalue weighted by molar-refractivity contribution is 7.90. The van der Waals surface area contributed by atoms with Crippen molar-refractivity contribution >= 4 is 36.2 Å². The van der Waals surface area contributed by atoms with Crippen LogP contribution in [0.25, 0.3) is 11.1 Å². The van der Waals surface area contributed by atoms with Gasteiger partial charge in [-0.25, -0.2) is 19.2 Å². The molecule has 0 saturated carbocycles. The van der Waals surface area contributed by atoms with Crippen LogP contribution in [0.3, 0.4) is 0 Å². The Morgan fingerprint density at radius 1 is 0.462 bits per heavy atom. The van der Waals surface area contributed by atoms with Crippen molar-refractivity contribution in [2.45, 2.75) is 0 Å². The minimum Gasteiger partial charge on any atom is -0.478 e. The van der Waals surface area contributed by atoms with Gasteiger partial charge >= 0.3 is 23.9 Å². The second-order valence-corrected chi connectivity index (χ2v) is 8.01. The highest BCUT2D eigenvalue weighted by atomic mass is 32.2. The van der Waals surface area contributed by atoms with E-state index in [0.29, 0.717) is 0 Å². The average Bonchev–Trinajstić information content (AvgIpc) is 2.93. The lowest BCUT2D eigenvalue weighted by Gasteiger charge is -2.11. The van der Waals surface area contributed by atoms with Crippen LogP contribution >= 0.6 is 12.3 Å². The molecular formula is C28H20O10S. The summed E-state index contributed by atoms with van der Waals surface area (Å²) in [6.07, 6.45) is 0. The molecule has 0 unspecified atom stereocenters. The third-order valence-corrected chi connectivity index (χ3v) is 5.56. The molecule has 0 atom stereocenters. The SMILES string of the molecule is O=C(O)c1cccc(OSOc2cccc(C(=O)O)c2C(=O)O)c1C(=O)O.c1ccc(-c2ccccc2)cc1. The van der Waals surface area contributed by atoms with Crippen molar-refractivity contribution in [3.63, 3.8) is 0 Å². The van der Waals surface area contributed by atoms with Gasteiger partial charge in [0.15, 0.2) is 11.5 Å². The number of carbonyl (C=O) groups is 4. The smallest absolute Gasteiger partial charge is 0.340 e. The molecule has 0 aliphatic carbocycles. The maximum atomic E-state index is 11.3. The predicted octanol–water partition coefficient (Wildman–Crippen LogP) is 5.85. The molecule has 4 aromatic rings. The Hall–Kier alpha value is -5.29. The van der Waals surface area contributed by atoms with Crippen molar-refractivity contribution < 1.29 is 48.0 Å². The van der Waals surface area contributed by atoms with E-state index >= 15 is 0 Å². The highest BCUT2D eigenvalue weighted by Crippen LogP contribution is 2.30. The van der Waals surface area contributed by atoms with Gasteiger partial charge in [0.2, 0.25) is 0 Å². The molecule has 0 spiro atoms. The summed E-state index contributed by atoms with van der Waals surface area (Å²) >= 11 is 0.151. The molecule has 0 amide bonds. The molecule has 0 radical (unpaired) electrons. The van der Waals surface area contributed by atoms with E-state index in [1.54, 1.807) is 0 Å². The van der Waals surface area contributed by atoms with E-state index in [0.717, 1.165) is 12.1 Å². The molecule has 11 heteroatoms. The van der Waals surface area contributed by atoms with E-state index in [1.165, 1.54) is 35.4 Å². The summed E-state index contributed by atoms with van der Waals surface area (Å²) in [5.41, 5.74) is 0.272. The van der Waals surface area contributed by atoms with Gasteiger partial charge in [-0.15, -0.1) is 0 Å². The second-order valence-electron chi connectivity index (χ2n) is 7.54. The molecule has 0 fully saturated rings. The van der Waals surface area contributed by atoms with Gasteiger partial charge in [-0.05, 0) is 35.4 Å². The standard InChI is InChI=1S/C16H10O10S.C12H10/c17-13(18)7-3-1-5-9(11(7)15(21)22)25-27-26-10-6-2-4-8(14(19)20)12(10)16(23)24;1-3-7-11(8-4-1)12-9-5-2-6-10-12/h1-6H,(H,17,18)(H,19,20)(H,21,22)(H,23,24);1-10H. The second kappa shape index (κ2) is 13.3. The van der Waals surface area contributed by atoms with Crippen molar-refractivity contribution in [2.24, 2.45) is 0 Å². The van der Waals surface area contributed by atoms with E-state index in [2.05, 4.69) is 48.5 Å². The fraction of sp³-hybridized carbons (Fsp3) is 0. The van der Waals surface area contributed by atoms with Crippen molar-refractivity contribution in [3.05, 3.63) is 119 Å². The first-order valence-corrected chi connectivity index (χ1v) is 11.7. The number of benzene rings is 4. The summed E-state index contributed by atoms with van der Waals surface area (Å²) in [7, 11) is 0. The number of rotatable bonds is 9. The van der Waals surface area contributed by atoms with Crippen LogP contribution in [-0.2, 0) is 0 Å². The Morgan fingerprint density at radius 2 is 0.821 bits per heavy atom. The molecule has 0 heterocycles. The Balaban J connectivity index is 0.000000289. The molecule has 0 aliphatic rings. The van der Waals surface area contributed by atoms with Gasteiger partial charge in [-0.2, -0.15) is 0 Å². The fourth-order valence-corrected chi connectivity index (χ4v) is 3.81. The van der Waals surface area contributed by atoms with Crippen molar-refractivity contribution in [3.8, 4) is 22.6 Å². The Labute approximate surface area is 226 Å². The van der Waals surface area contributed by atoms with Gasteiger partial charge in [0, 0.05) is 0 Å². The number of carboxylic acid groups (broad SMARTS) is 4. The molecular weight excluding hydrogens is 528 g/mol. The predicted molar refractivity (Wildman–Crippen MR) is 141 cm³/mol. The maximum Gasteiger partial charge on any atom is 0.340 e. The van der Waals surface area contributed by atoms with Crippen LogP contribution < -0.4 is 8.37 Å². The van der Waals surface area contributed by atoms with Gasteiger partial charge in [0.25, 0.3) is 12.3 Å². The van der Waals surface area contributed by atoms with Crippen molar-refractivity contribution in [2.75, 3.05) is 0 Å². The van der Waals surface area contributed by atoms with Gasteiger partial charge in [0.05, 0.1) is 11.1 Å².